The number of thioether (sulfide) groups is 1. The number of hydrogen-bond donors (Lipinski definition) is 1. The van der Waals surface area contributed by atoms with E-state index >= 15 is 0 Å². The van der Waals surface area contributed by atoms with E-state index in [9.17, 15) is 4.79 Å². The van der Waals surface area contributed by atoms with E-state index in [0.717, 1.165) is 30.4 Å². The molecule has 0 bridgehead atoms. The Bertz CT molecular complexity index is 628. The van der Waals surface area contributed by atoms with Crippen LogP contribution >= 0.6 is 11.8 Å². The van der Waals surface area contributed by atoms with Gasteiger partial charge >= 0.3 is 0 Å². The molecule has 0 saturated carbocycles. The summed E-state index contributed by atoms with van der Waals surface area (Å²) in [6.07, 6.45) is 1.68. The first-order chi connectivity index (χ1) is 11.2. The molecule has 23 heavy (non-hydrogen) atoms. The highest BCUT2D eigenvalue weighted by molar-refractivity contribution is 7.99. The number of hydrogen-bond acceptors (Lipinski definition) is 6. The van der Waals surface area contributed by atoms with Gasteiger partial charge in [0.1, 0.15) is 17.1 Å². The first kappa shape index (κ1) is 16.1. The summed E-state index contributed by atoms with van der Waals surface area (Å²) < 4.78 is 10.7. The average molecular weight is 335 g/mol. The zero-order valence-corrected chi connectivity index (χ0v) is 14.2. The highest BCUT2D eigenvalue weighted by Gasteiger charge is 2.26. The van der Waals surface area contributed by atoms with Gasteiger partial charge in [0.15, 0.2) is 0 Å². The third-order valence-corrected chi connectivity index (χ3v) is 5.02. The minimum atomic E-state index is -0.149. The summed E-state index contributed by atoms with van der Waals surface area (Å²) in [6, 6.07) is 3.90. The quantitative estimate of drug-likeness (QED) is 0.905. The molecule has 3 heterocycles. The van der Waals surface area contributed by atoms with Crippen LogP contribution in [0.5, 0.6) is 0 Å². The van der Waals surface area contributed by atoms with Crippen molar-refractivity contribution >= 4 is 17.7 Å². The van der Waals surface area contributed by atoms with Crippen LogP contribution < -0.4 is 5.32 Å². The van der Waals surface area contributed by atoms with Crippen LogP contribution in [0.15, 0.2) is 27.3 Å². The van der Waals surface area contributed by atoms with E-state index in [-0.39, 0.29) is 11.9 Å². The molecule has 1 aliphatic rings. The predicted octanol–water partition coefficient (Wildman–Crippen LogP) is 2.40. The lowest BCUT2D eigenvalue weighted by Gasteiger charge is -2.33. The number of rotatable bonds is 5. The molecule has 1 fully saturated rings. The van der Waals surface area contributed by atoms with Crippen molar-refractivity contribution in [1.82, 2.24) is 15.4 Å². The fourth-order valence-electron chi connectivity index (χ4n) is 2.86. The number of aryl methyl sites for hydroxylation is 2. The Morgan fingerprint density at radius 1 is 1.43 bits per heavy atom. The number of nitrogens with zero attached hydrogens (tertiary/aromatic N) is 2. The summed E-state index contributed by atoms with van der Waals surface area (Å²) in [5, 5.41) is 6.84. The van der Waals surface area contributed by atoms with Crippen molar-refractivity contribution in [3.8, 4) is 0 Å². The van der Waals surface area contributed by atoms with Gasteiger partial charge in [0.25, 0.3) is 5.91 Å². The van der Waals surface area contributed by atoms with Crippen molar-refractivity contribution < 1.29 is 13.7 Å². The Hall–Kier alpha value is -1.73. The lowest BCUT2D eigenvalue weighted by atomic mass is 10.1. The molecule has 0 spiro atoms. The largest absolute Gasteiger partial charge is 0.468 e. The molecule has 2 aromatic rings. The molecule has 2 aromatic heterocycles. The van der Waals surface area contributed by atoms with E-state index in [4.69, 9.17) is 8.94 Å². The molecule has 1 N–H and O–H groups in total. The van der Waals surface area contributed by atoms with Gasteiger partial charge < -0.3 is 14.3 Å². The summed E-state index contributed by atoms with van der Waals surface area (Å²) in [5.74, 6) is 3.49. The SMILES string of the molecule is Cc1noc(C)c1C(=O)NCC(c1ccco1)N1CCSCC1. The summed E-state index contributed by atoms with van der Waals surface area (Å²) in [4.78, 5) is 14.8. The maximum atomic E-state index is 12.4. The van der Waals surface area contributed by atoms with Gasteiger partial charge in [-0.25, -0.2) is 0 Å². The molecule has 0 aliphatic carbocycles. The third-order valence-electron chi connectivity index (χ3n) is 4.07. The van der Waals surface area contributed by atoms with Gasteiger partial charge in [0.2, 0.25) is 0 Å². The maximum Gasteiger partial charge on any atom is 0.256 e. The molecule has 3 rings (SSSR count). The summed E-state index contributed by atoms with van der Waals surface area (Å²) >= 11 is 1.96. The highest BCUT2D eigenvalue weighted by Crippen LogP contribution is 2.24. The molecule has 1 atom stereocenters. The van der Waals surface area contributed by atoms with Gasteiger partial charge in [-0.3, -0.25) is 9.69 Å². The second-order valence-electron chi connectivity index (χ2n) is 5.59. The van der Waals surface area contributed by atoms with E-state index in [1.165, 1.54) is 0 Å². The average Bonchev–Trinajstić information content (AvgIpc) is 3.19. The fraction of sp³-hybridized carbons (Fsp3) is 0.500. The van der Waals surface area contributed by atoms with Crippen molar-refractivity contribution in [3.05, 3.63) is 41.2 Å². The van der Waals surface area contributed by atoms with E-state index in [1.54, 1.807) is 20.1 Å². The minimum absolute atomic E-state index is 0.0512. The van der Waals surface area contributed by atoms with E-state index in [0.29, 0.717) is 23.6 Å². The van der Waals surface area contributed by atoms with Crippen molar-refractivity contribution in [2.24, 2.45) is 0 Å². The third kappa shape index (κ3) is 3.61. The monoisotopic (exact) mass is 335 g/mol. The van der Waals surface area contributed by atoms with E-state index in [2.05, 4.69) is 15.4 Å². The topological polar surface area (TPSA) is 71.5 Å². The lowest BCUT2D eigenvalue weighted by molar-refractivity contribution is 0.0927. The Morgan fingerprint density at radius 2 is 2.22 bits per heavy atom. The maximum absolute atomic E-state index is 12.4. The first-order valence-electron chi connectivity index (χ1n) is 7.73. The van der Waals surface area contributed by atoms with E-state index in [1.807, 2.05) is 23.9 Å². The minimum Gasteiger partial charge on any atom is -0.468 e. The highest BCUT2D eigenvalue weighted by atomic mass is 32.2. The first-order valence-corrected chi connectivity index (χ1v) is 8.88. The number of amides is 1. The molecule has 0 aromatic carbocycles. The van der Waals surface area contributed by atoms with Crippen molar-refractivity contribution in [2.45, 2.75) is 19.9 Å². The van der Waals surface area contributed by atoms with Crippen LogP contribution in [-0.4, -0.2) is 47.1 Å². The molecule has 1 saturated heterocycles. The van der Waals surface area contributed by atoms with Crippen LogP contribution in [0, 0.1) is 13.8 Å². The van der Waals surface area contributed by atoms with Crippen molar-refractivity contribution in [1.29, 1.82) is 0 Å². The lowest BCUT2D eigenvalue weighted by Crippen LogP contribution is -2.42. The molecule has 0 radical (unpaired) electrons. The zero-order valence-electron chi connectivity index (χ0n) is 13.4. The summed E-state index contributed by atoms with van der Waals surface area (Å²) in [6.45, 7) is 6.02. The number of aromatic nitrogens is 1. The van der Waals surface area contributed by atoms with Crippen molar-refractivity contribution in [2.75, 3.05) is 31.1 Å². The van der Waals surface area contributed by atoms with Gasteiger partial charge in [-0.2, -0.15) is 11.8 Å². The van der Waals surface area contributed by atoms with Crippen LogP contribution in [0.4, 0.5) is 0 Å². The predicted molar refractivity (Wildman–Crippen MR) is 88.7 cm³/mol. The summed E-state index contributed by atoms with van der Waals surface area (Å²) in [5.41, 5.74) is 1.14. The fourth-order valence-corrected chi connectivity index (χ4v) is 3.80. The Balaban J connectivity index is 1.70. The molecular weight excluding hydrogens is 314 g/mol. The van der Waals surface area contributed by atoms with Crippen LogP contribution in [0.2, 0.25) is 0 Å². The van der Waals surface area contributed by atoms with E-state index < -0.39 is 0 Å². The van der Waals surface area contributed by atoms with Crippen LogP contribution in [0.3, 0.4) is 0 Å². The van der Waals surface area contributed by atoms with Gasteiger partial charge in [0.05, 0.1) is 18.0 Å². The van der Waals surface area contributed by atoms with Crippen LogP contribution in [0.25, 0.3) is 0 Å². The van der Waals surface area contributed by atoms with Gasteiger partial charge in [-0.05, 0) is 26.0 Å². The second kappa shape index (κ2) is 7.23. The number of carbonyl (C=O) groups is 1. The van der Waals surface area contributed by atoms with Crippen LogP contribution in [0.1, 0.15) is 33.6 Å². The normalized spacial score (nSPS) is 17.1. The Morgan fingerprint density at radius 3 is 2.83 bits per heavy atom. The van der Waals surface area contributed by atoms with Crippen molar-refractivity contribution in [3.63, 3.8) is 0 Å². The number of carbonyl (C=O) groups excluding carboxylic acids is 1. The summed E-state index contributed by atoms with van der Waals surface area (Å²) in [7, 11) is 0. The van der Waals surface area contributed by atoms with Gasteiger partial charge in [0, 0.05) is 31.1 Å². The Kier molecular flexibility index (Phi) is 5.07. The molecule has 1 aliphatic heterocycles. The molecule has 124 valence electrons. The Labute approximate surface area is 139 Å². The molecule has 6 nitrogen and oxygen atoms in total. The van der Waals surface area contributed by atoms with Crippen LogP contribution in [-0.2, 0) is 0 Å². The number of nitrogens with one attached hydrogen (secondary N) is 1. The smallest absolute Gasteiger partial charge is 0.256 e. The zero-order chi connectivity index (χ0) is 16.2. The molecule has 7 heteroatoms. The van der Waals surface area contributed by atoms with Gasteiger partial charge in [-0.1, -0.05) is 5.16 Å². The standard InChI is InChI=1S/C16H21N3O3S/c1-11-15(12(2)22-18-11)16(20)17-10-13(14-4-3-7-21-14)19-5-8-23-9-6-19/h3-4,7,13H,5-6,8-10H2,1-2H3,(H,17,20). The van der Waals surface area contributed by atoms with Gasteiger partial charge in [-0.15, -0.1) is 0 Å². The number of furan rings is 1. The second-order valence-corrected chi connectivity index (χ2v) is 6.81. The molecule has 1 amide bonds. The molecular formula is C16H21N3O3S. The molecule has 1 unspecified atom stereocenters.